The van der Waals surface area contributed by atoms with Gasteiger partial charge in [-0.2, -0.15) is 4.31 Å². The molecular weight excluding hydrogens is 262 g/mol. The summed E-state index contributed by atoms with van der Waals surface area (Å²) in [7, 11) is -3.36. The molecule has 0 amide bonds. The van der Waals surface area contributed by atoms with Gasteiger partial charge in [-0.3, -0.25) is 0 Å². The molecule has 0 unspecified atom stereocenters. The van der Waals surface area contributed by atoms with Crippen LogP contribution in [0.3, 0.4) is 0 Å². The summed E-state index contributed by atoms with van der Waals surface area (Å²) in [4.78, 5) is 0.384. The van der Waals surface area contributed by atoms with Crippen molar-refractivity contribution in [3.63, 3.8) is 0 Å². The van der Waals surface area contributed by atoms with Crippen molar-refractivity contribution in [2.75, 3.05) is 6.54 Å². The van der Waals surface area contributed by atoms with Gasteiger partial charge in [0.1, 0.15) is 4.90 Å². The largest absolute Gasteiger partial charge is 0.349 e. The second-order valence-electron chi connectivity index (χ2n) is 5.00. The predicted octanol–water partition coefficient (Wildman–Crippen LogP) is 1.53. The normalized spacial score (nSPS) is 16.2. The lowest BCUT2D eigenvalue weighted by Gasteiger charge is -2.20. The molecule has 2 rings (SSSR count). The van der Waals surface area contributed by atoms with Crippen LogP contribution in [0.4, 0.5) is 0 Å². The maximum atomic E-state index is 12.7. The Morgan fingerprint density at radius 2 is 2.11 bits per heavy atom. The predicted molar refractivity (Wildman–Crippen MR) is 75.2 cm³/mol. The van der Waals surface area contributed by atoms with Crippen LogP contribution in [0.15, 0.2) is 17.2 Å². The minimum Gasteiger partial charge on any atom is -0.349 e. The molecule has 0 aliphatic heterocycles. The second-order valence-corrected chi connectivity index (χ2v) is 6.89. The van der Waals surface area contributed by atoms with Gasteiger partial charge in [-0.05, 0) is 32.3 Å². The smallest absolute Gasteiger partial charge is 0.244 e. The van der Waals surface area contributed by atoms with E-state index in [0.717, 1.165) is 31.5 Å². The molecule has 0 spiro atoms. The van der Waals surface area contributed by atoms with Crippen LogP contribution in [0.5, 0.6) is 0 Å². The molecule has 1 aromatic heterocycles. The van der Waals surface area contributed by atoms with Crippen LogP contribution < -0.4 is 5.73 Å². The average molecular weight is 285 g/mol. The van der Waals surface area contributed by atoms with Gasteiger partial charge in [0.05, 0.1) is 0 Å². The van der Waals surface area contributed by atoms with E-state index in [1.807, 2.05) is 18.4 Å². The minimum absolute atomic E-state index is 0.205. The summed E-state index contributed by atoms with van der Waals surface area (Å²) in [5.74, 6) is 0. The topological polar surface area (TPSA) is 68.3 Å². The van der Waals surface area contributed by atoms with Gasteiger partial charge in [-0.1, -0.05) is 6.92 Å². The van der Waals surface area contributed by atoms with Crippen molar-refractivity contribution in [1.29, 1.82) is 0 Å². The lowest BCUT2D eigenvalue weighted by atomic mass is 10.4. The van der Waals surface area contributed by atoms with Gasteiger partial charge in [0.25, 0.3) is 0 Å². The summed E-state index contributed by atoms with van der Waals surface area (Å²) < 4.78 is 28.9. The molecule has 5 nitrogen and oxygen atoms in total. The zero-order chi connectivity index (χ0) is 14.0. The quantitative estimate of drug-likeness (QED) is 0.826. The first-order valence-corrected chi connectivity index (χ1v) is 8.39. The highest BCUT2D eigenvalue weighted by molar-refractivity contribution is 7.89. The molecule has 0 atom stereocenters. The first-order valence-electron chi connectivity index (χ1n) is 6.95. The monoisotopic (exact) mass is 285 g/mol. The van der Waals surface area contributed by atoms with Gasteiger partial charge in [0.15, 0.2) is 0 Å². The highest BCUT2D eigenvalue weighted by Gasteiger charge is 2.37. The fourth-order valence-corrected chi connectivity index (χ4v) is 4.19. The summed E-state index contributed by atoms with van der Waals surface area (Å²) in [5.41, 5.74) is 6.53. The third-order valence-corrected chi connectivity index (χ3v) is 5.43. The number of rotatable bonds is 7. The fourth-order valence-electron chi connectivity index (χ4n) is 2.35. The molecule has 108 valence electrons. The molecule has 1 aromatic rings. The first kappa shape index (κ1) is 14.6. The van der Waals surface area contributed by atoms with Crippen LogP contribution >= 0.6 is 0 Å². The number of aryl methyl sites for hydroxylation is 1. The molecule has 1 fully saturated rings. The van der Waals surface area contributed by atoms with Gasteiger partial charge in [-0.25, -0.2) is 8.42 Å². The molecule has 0 aromatic carbocycles. The molecule has 0 radical (unpaired) electrons. The van der Waals surface area contributed by atoms with Crippen molar-refractivity contribution in [2.45, 2.75) is 57.1 Å². The standard InChI is InChI=1S/C13H23N3O2S/c1-3-7-16(11-5-6-11)19(17,18)13-8-12(9-14)15(4-2)10-13/h8,10-11H,3-7,9,14H2,1-2H3. The van der Waals surface area contributed by atoms with Crippen LogP contribution in [-0.2, 0) is 23.1 Å². The molecule has 1 aliphatic rings. The molecule has 2 N–H and O–H groups in total. The average Bonchev–Trinajstić information content (AvgIpc) is 3.12. The summed E-state index contributed by atoms with van der Waals surface area (Å²) in [5, 5.41) is 0. The second kappa shape index (κ2) is 5.64. The van der Waals surface area contributed by atoms with Crippen LogP contribution in [0.25, 0.3) is 0 Å². The summed E-state index contributed by atoms with van der Waals surface area (Å²) in [6.07, 6.45) is 4.52. The summed E-state index contributed by atoms with van der Waals surface area (Å²) >= 11 is 0. The van der Waals surface area contributed by atoms with Crippen molar-refractivity contribution in [1.82, 2.24) is 8.87 Å². The molecule has 1 heterocycles. The molecule has 6 heteroatoms. The van der Waals surface area contributed by atoms with Gasteiger partial charge in [-0.15, -0.1) is 0 Å². The number of hydrogen-bond acceptors (Lipinski definition) is 3. The van der Waals surface area contributed by atoms with Crippen molar-refractivity contribution >= 4 is 10.0 Å². The third-order valence-electron chi connectivity index (χ3n) is 3.52. The van der Waals surface area contributed by atoms with Crippen LogP contribution in [0, 0.1) is 0 Å². The maximum Gasteiger partial charge on any atom is 0.244 e. The molecular formula is C13H23N3O2S. The number of aromatic nitrogens is 1. The van der Waals surface area contributed by atoms with Crippen molar-refractivity contribution in [2.24, 2.45) is 5.73 Å². The Morgan fingerprint density at radius 3 is 2.53 bits per heavy atom. The van der Waals surface area contributed by atoms with E-state index in [-0.39, 0.29) is 6.04 Å². The molecule has 1 saturated carbocycles. The van der Waals surface area contributed by atoms with Crippen molar-refractivity contribution < 1.29 is 8.42 Å². The van der Waals surface area contributed by atoms with Crippen LogP contribution in [0.2, 0.25) is 0 Å². The number of hydrogen-bond donors (Lipinski definition) is 1. The highest BCUT2D eigenvalue weighted by atomic mass is 32.2. The summed E-state index contributed by atoms with van der Waals surface area (Å²) in [6, 6.07) is 1.92. The van der Waals surface area contributed by atoms with Crippen LogP contribution in [0.1, 0.15) is 38.8 Å². The minimum atomic E-state index is -3.36. The van der Waals surface area contributed by atoms with Gasteiger partial charge in [0, 0.05) is 37.6 Å². The van der Waals surface area contributed by atoms with Gasteiger partial charge < -0.3 is 10.3 Å². The number of nitrogens with two attached hydrogens (primary N) is 1. The third kappa shape index (κ3) is 2.85. The first-order chi connectivity index (χ1) is 9.04. The number of sulfonamides is 1. The van der Waals surface area contributed by atoms with E-state index in [1.54, 1.807) is 16.6 Å². The van der Waals surface area contributed by atoms with Crippen LogP contribution in [-0.4, -0.2) is 29.9 Å². The summed E-state index contributed by atoms with van der Waals surface area (Å²) in [6.45, 7) is 5.69. The zero-order valence-corrected chi connectivity index (χ0v) is 12.5. The Hall–Kier alpha value is -0.850. The number of nitrogens with zero attached hydrogens (tertiary/aromatic N) is 2. The van der Waals surface area contributed by atoms with Crippen molar-refractivity contribution in [3.05, 3.63) is 18.0 Å². The molecule has 19 heavy (non-hydrogen) atoms. The lowest BCUT2D eigenvalue weighted by molar-refractivity contribution is 0.403. The van der Waals surface area contributed by atoms with Gasteiger partial charge in [0.2, 0.25) is 10.0 Å². The Balaban J connectivity index is 2.34. The Bertz CT molecular complexity index is 511. The Morgan fingerprint density at radius 1 is 1.42 bits per heavy atom. The Labute approximate surface area is 115 Å². The SMILES string of the molecule is CCCN(C1CC1)S(=O)(=O)c1cc(CN)n(CC)c1. The van der Waals surface area contributed by atoms with E-state index >= 15 is 0 Å². The molecule has 0 saturated heterocycles. The van der Waals surface area contributed by atoms with E-state index in [0.29, 0.717) is 18.0 Å². The maximum absolute atomic E-state index is 12.7. The zero-order valence-electron chi connectivity index (χ0n) is 11.7. The fraction of sp³-hybridized carbons (Fsp3) is 0.692. The Kier molecular flexibility index (Phi) is 4.32. The highest BCUT2D eigenvalue weighted by Crippen LogP contribution is 2.32. The van der Waals surface area contributed by atoms with E-state index in [9.17, 15) is 8.42 Å². The molecule has 1 aliphatic carbocycles. The van der Waals surface area contributed by atoms with Crippen molar-refractivity contribution in [3.8, 4) is 0 Å². The van der Waals surface area contributed by atoms with E-state index < -0.39 is 10.0 Å². The molecule has 0 bridgehead atoms. The lowest BCUT2D eigenvalue weighted by Crippen LogP contribution is -2.33. The van der Waals surface area contributed by atoms with E-state index in [4.69, 9.17) is 5.73 Å². The van der Waals surface area contributed by atoms with E-state index in [2.05, 4.69) is 0 Å². The van der Waals surface area contributed by atoms with E-state index in [1.165, 1.54) is 0 Å². The van der Waals surface area contributed by atoms with Gasteiger partial charge >= 0.3 is 0 Å².